The highest BCUT2D eigenvalue weighted by atomic mass is 35.5. The lowest BCUT2D eigenvalue weighted by Gasteiger charge is -2.15. The smallest absolute Gasteiger partial charge is 0.257 e. The van der Waals surface area contributed by atoms with Gasteiger partial charge in [0.05, 0.1) is 10.7 Å². The van der Waals surface area contributed by atoms with Crippen LogP contribution in [0.3, 0.4) is 0 Å². The molecule has 124 valence electrons. The van der Waals surface area contributed by atoms with E-state index in [1.807, 2.05) is 48.5 Å². The third-order valence-corrected chi connectivity index (χ3v) is 4.12. The van der Waals surface area contributed by atoms with Crippen LogP contribution in [0.25, 0.3) is 11.1 Å². The molecule has 3 aromatic rings. The quantitative estimate of drug-likeness (QED) is 0.631. The molecule has 0 radical (unpaired) electrons. The van der Waals surface area contributed by atoms with Gasteiger partial charge in [0.25, 0.3) is 5.91 Å². The summed E-state index contributed by atoms with van der Waals surface area (Å²) >= 11 is 11.6. The van der Waals surface area contributed by atoms with Gasteiger partial charge in [0.2, 0.25) is 0 Å². The lowest BCUT2D eigenvalue weighted by Crippen LogP contribution is -2.34. The number of halogens is 1. The number of thiocarbonyl (C=S) groups is 1. The zero-order chi connectivity index (χ0) is 17.6. The van der Waals surface area contributed by atoms with Gasteiger partial charge in [-0.1, -0.05) is 72.3 Å². The molecule has 2 N–H and O–H groups in total. The number of carbonyl (C=O) groups is 1. The first kappa shape index (κ1) is 17.1. The first-order valence-corrected chi connectivity index (χ1v) is 8.45. The lowest BCUT2D eigenvalue weighted by atomic mass is 10.0. The normalized spacial score (nSPS) is 10.1. The monoisotopic (exact) mass is 366 g/mol. The van der Waals surface area contributed by atoms with E-state index in [9.17, 15) is 4.79 Å². The fourth-order valence-electron chi connectivity index (χ4n) is 2.42. The third-order valence-electron chi connectivity index (χ3n) is 3.60. The average molecular weight is 367 g/mol. The van der Waals surface area contributed by atoms with Gasteiger partial charge in [0, 0.05) is 11.1 Å². The number of para-hydroxylation sites is 1. The third kappa shape index (κ3) is 4.24. The van der Waals surface area contributed by atoms with Crippen molar-refractivity contribution in [3.63, 3.8) is 0 Å². The van der Waals surface area contributed by atoms with Crippen LogP contribution in [0, 0.1) is 0 Å². The summed E-state index contributed by atoms with van der Waals surface area (Å²) in [6.07, 6.45) is 0. The Morgan fingerprint density at radius 1 is 0.840 bits per heavy atom. The molecule has 0 spiro atoms. The molecule has 0 atom stereocenters. The molecule has 3 aromatic carbocycles. The molecular weight excluding hydrogens is 352 g/mol. The van der Waals surface area contributed by atoms with Gasteiger partial charge in [-0.05, 0) is 36.0 Å². The Hall–Kier alpha value is -2.69. The van der Waals surface area contributed by atoms with Crippen LogP contribution in [0.4, 0.5) is 5.69 Å². The van der Waals surface area contributed by atoms with Crippen LogP contribution in [0.2, 0.25) is 5.02 Å². The number of carbonyl (C=O) groups excluding carboxylic acids is 1. The number of benzene rings is 3. The van der Waals surface area contributed by atoms with Crippen LogP contribution >= 0.6 is 23.8 Å². The summed E-state index contributed by atoms with van der Waals surface area (Å²) in [4.78, 5) is 12.2. The first-order valence-electron chi connectivity index (χ1n) is 7.66. The number of nitrogens with one attached hydrogen (secondary N) is 2. The second-order valence-corrected chi connectivity index (χ2v) is 6.12. The number of hydrogen-bond acceptors (Lipinski definition) is 2. The minimum atomic E-state index is -0.272. The molecule has 0 aliphatic heterocycles. The highest BCUT2D eigenvalue weighted by molar-refractivity contribution is 7.80. The van der Waals surface area contributed by atoms with E-state index in [-0.39, 0.29) is 11.0 Å². The van der Waals surface area contributed by atoms with Crippen molar-refractivity contribution in [2.45, 2.75) is 0 Å². The van der Waals surface area contributed by atoms with Gasteiger partial charge in [0.1, 0.15) is 0 Å². The van der Waals surface area contributed by atoms with Crippen LogP contribution < -0.4 is 10.6 Å². The molecule has 0 heterocycles. The van der Waals surface area contributed by atoms with Crippen molar-refractivity contribution in [2.24, 2.45) is 0 Å². The number of anilines is 1. The summed E-state index contributed by atoms with van der Waals surface area (Å²) in [5, 5.41) is 6.44. The fraction of sp³-hybridized carbons (Fsp3) is 0. The maximum Gasteiger partial charge on any atom is 0.257 e. The Bertz CT molecular complexity index is 898. The molecule has 0 unspecified atom stereocenters. The van der Waals surface area contributed by atoms with Crippen molar-refractivity contribution in [1.29, 1.82) is 0 Å². The molecule has 0 bridgehead atoms. The molecule has 0 aromatic heterocycles. The minimum absolute atomic E-state index is 0.194. The first-order chi connectivity index (χ1) is 12.1. The molecule has 25 heavy (non-hydrogen) atoms. The van der Waals surface area contributed by atoms with E-state index in [2.05, 4.69) is 10.6 Å². The Balaban J connectivity index is 1.81. The fourth-order valence-corrected chi connectivity index (χ4v) is 2.84. The Labute approximate surface area is 156 Å². The van der Waals surface area contributed by atoms with E-state index in [1.165, 1.54) is 0 Å². The van der Waals surface area contributed by atoms with Crippen molar-refractivity contribution in [3.8, 4) is 11.1 Å². The maximum atomic E-state index is 12.2. The van der Waals surface area contributed by atoms with E-state index < -0.39 is 0 Å². The molecule has 0 saturated carbocycles. The molecule has 3 nitrogen and oxygen atoms in total. The van der Waals surface area contributed by atoms with Gasteiger partial charge in [-0.25, -0.2) is 0 Å². The van der Waals surface area contributed by atoms with Crippen LogP contribution in [-0.4, -0.2) is 11.0 Å². The second kappa shape index (κ2) is 7.92. The SMILES string of the molecule is O=C(NC(=S)Nc1c(Cl)cccc1-c1ccccc1)c1ccccc1. The molecule has 0 saturated heterocycles. The van der Waals surface area contributed by atoms with Crippen LogP contribution in [0.15, 0.2) is 78.9 Å². The topological polar surface area (TPSA) is 41.1 Å². The van der Waals surface area contributed by atoms with Crippen LogP contribution in [0.5, 0.6) is 0 Å². The lowest BCUT2D eigenvalue weighted by molar-refractivity contribution is 0.0977. The van der Waals surface area contributed by atoms with E-state index in [1.54, 1.807) is 30.3 Å². The van der Waals surface area contributed by atoms with Gasteiger partial charge in [-0.15, -0.1) is 0 Å². The standard InChI is InChI=1S/C20H15ClN2OS/c21-17-13-7-12-16(14-8-3-1-4-9-14)18(17)22-20(25)23-19(24)15-10-5-2-6-11-15/h1-13H,(H2,22,23,24,25). The highest BCUT2D eigenvalue weighted by Crippen LogP contribution is 2.33. The predicted octanol–water partition coefficient (Wildman–Crippen LogP) is 5.13. The van der Waals surface area contributed by atoms with E-state index in [0.717, 1.165) is 11.1 Å². The zero-order valence-electron chi connectivity index (χ0n) is 13.2. The number of rotatable bonds is 3. The summed E-state index contributed by atoms with van der Waals surface area (Å²) in [5.41, 5.74) is 3.11. The van der Waals surface area contributed by atoms with Crippen molar-refractivity contribution >= 4 is 40.5 Å². The molecule has 3 rings (SSSR count). The molecule has 0 aliphatic rings. The van der Waals surface area contributed by atoms with Gasteiger partial charge in [0.15, 0.2) is 5.11 Å². The second-order valence-electron chi connectivity index (χ2n) is 5.30. The molecule has 0 fully saturated rings. The summed E-state index contributed by atoms with van der Waals surface area (Å²) in [7, 11) is 0. The Morgan fingerprint density at radius 3 is 2.16 bits per heavy atom. The van der Waals surface area contributed by atoms with Gasteiger partial charge in [-0.3, -0.25) is 10.1 Å². The average Bonchev–Trinajstić information content (AvgIpc) is 2.65. The van der Waals surface area contributed by atoms with Crippen LogP contribution in [-0.2, 0) is 0 Å². The molecule has 5 heteroatoms. The largest absolute Gasteiger partial charge is 0.331 e. The van der Waals surface area contributed by atoms with Gasteiger partial charge >= 0.3 is 0 Å². The van der Waals surface area contributed by atoms with Gasteiger partial charge < -0.3 is 5.32 Å². The molecule has 1 amide bonds. The summed E-state index contributed by atoms with van der Waals surface area (Å²) < 4.78 is 0. The Morgan fingerprint density at radius 2 is 1.48 bits per heavy atom. The highest BCUT2D eigenvalue weighted by Gasteiger charge is 2.12. The summed E-state index contributed by atoms with van der Waals surface area (Å²) in [5.74, 6) is -0.272. The summed E-state index contributed by atoms with van der Waals surface area (Å²) in [6, 6.07) is 24.3. The van der Waals surface area contributed by atoms with Crippen molar-refractivity contribution in [3.05, 3.63) is 89.4 Å². The van der Waals surface area contributed by atoms with E-state index in [0.29, 0.717) is 16.3 Å². The predicted molar refractivity (Wildman–Crippen MR) is 107 cm³/mol. The minimum Gasteiger partial charge on any atom is -0.331 e. The van der Waals surface area contributed by atoms with Crippen molar-refractivity contribution in [1.82, 2.24) is 5.32 Å². The number of amides is 1. The van der Waals surface area contributed by atoms with Crippen LogP contribution in [0.1, 0.15) is 10.4 Å². The van der Waals surface area contributed by atoms with Crippen molar-refractivity contribution in [2.75, 3.05) is 5.32 Å². The number of hydrogen-bond donors (Lipinski definition) is 2. The molecule has 0 aliphatic carbocycles. The van der Waals surface area contributed by atoms with Crippen molar-refractivity contribution < 1.29 is 4.79 Å². The van der Waals surface area contributed by atoms with E-state index in [4.69, 9.17) is 23.8 Å². The summed E-state index contributed by atoms with van der Waals surface area (Å²) in [6.45, 7) is 0. The molecular formula is C20H15ClN2OS. The Kier molecular flexibility index (Phi) is 5.43. The zero-order valence-corrected chi connectivity index (χ0v) is 14.8. The van der Waals surface area contributed by atoms with E-state index >= 15 is 0 Å². The van der Waals surface area contributed by atoms with Gasteiger partial charge in [-0.2, -0.15) is 0 Å². The maximum absolute atomic E-state index is 12.2.